The first-order valence-corrected chi connectivity index (χ1v) is 7.67. The number of benzene rings is 2. The first-order chi connectivity index (χ1) is 11.3. The highest BCUT2D eigenvalue weighted by Gasteiger charge is 2.33. The van der Waals surface area contributed by atoms with Crippen LogP contribution in [-0.4, -0.2) is 12.5 Å². The predicted molar refractivity (Wildman–Crippen MR) is 85.9 cm³/mol. The molecule has 1 amide bonds. The Hall–Kier alpha value is -2.09. The quantitative estimate of drug-likeness (QED) is 0.727. The van der Waals surface area contributed by atoms with Crippen LogP contribution in [0.25, 0.3) is 0 Å². The molecule has 8 heteroatoms. The lowest BCUT2D eigenvalue weighted by Gasteiger charge is -2.12. The Kier molecular flexibility index (Phi) is 5.82. The standard InChI is InChI=1S/C16H13BrF4N2O/c17-13-6-5-11(7-12(13)16(19,20)21)22-9-15(24)23-8-10-3-1-2-4-14(10)18/h1-7,22H,8-9H2,(H,23,24). The van der Waals surface area contributed by atoms with Gasteiger partial charge in [-0.15, -0.1) is 0 Å². The Morgan fingerprint density at radius 3 is 2.50 bits per heavy atom. The van der Waals surface area contributed by atoms with Gasteiger partial charge in [0.1, 0.15) is 5.82 Å². The van der Waals surface area contributed by atoms with E-state index in [4.69, 9.17) is 0 Å². The SMILES string of the molecule is O=C(CNc1ccc(Br)c(C(F)(F)F)c1)NCc1ccccc1F. The van der Waals surface area contributed by atoms with E-state index >= 15 is 0 Å². The van der Waals surface area contributed by atoms with Crippen LogP contribution in [0.3, 0.4) is 0 Å². The predicted octanol–water partition coefficient (Wildman–Crippen LogP) is 4.34. The molecule has 24 heavy (non-hydrogen) atoms. The summed E-state index contributed by atoms with van der Waals surface area (Å²) in [5.74, 6) is -0.900. The molecule has 0 saturated heterocycles. The van der Waals surface area contributed by atoms with Gasteiger partial charge in [0, 0.05) is 22.3 Å². The molecule has 0 unspecified atom stereocenters. The molecule has 128 valence electrons. The van der Waals surface area contributed by atoms with Crippen molar-refractivity contribution in [2.45, 2.75) is 12.7 Å². The van der Waals surface area contributed by atoms with E-state index in [1.54, 1.807) is 6.07 Å². The molecule has 2 N–H and O–H groups in total. The number of hydrogen-bond acceptors (Lipinski definition) is 2. The highest BCUT2D eigenvalue weighted by atomic mass is 79.9. The average Bonchev–Trinajstić information content (AvgIpc) is 2.52. The van der Waals surface area contributed by atoms with E-state index < -0.39 is 23.5 Å². The fourth-order valence-corrected chi connectivity index (χ4v) is 2.40. The van der Waals surface area contributed by atoms with E-state index in [-0.39, 0.29) is 23.2 Å². The van der Waals surface area contributed by atoms with Crippen LogP contribution in [0.2, 0.25) is 0 Å². The second-order valence-electron chi connectivity index (χ2n) is 4.91. The van der Waals surface area contributed by atoms with Gasteiger partial charge in [0.15, 0.2) is 0 Å². The number of alkyl halides is 3. The van der Waals surface area contributed by atoms with E-state index in [9.17, 15) is 22.4 Å². The zero-order chi connectivity index (χ0) is 17.7. The van der Waals surface area contributed by atoms with Crippen LogP contribution in [0, 0.1) is 5.82 Å². The second-order valence-corrected chi connectivity index (χ2v) is 5.77. The zero-order valence-corrected chi connectivity index (χ0v) is 13.8. The average molecular weight is 405 g/mol. The van der Waals surface area contributed by atoms with Crippen LogP contribution < -0.4 is 10.6 Å². The number of anilines is 1. The summed E-state index contributed by atoms with van der Waals surface area (Å²) in [6.07, 6.45) is -4.50. The van der Waals surface area contributed by atoms with Crippen molar-refractivity contribution in [3.63, 3.8) is 0 Å². The van der Waals surface area contributed by atoms with E-state index in [1.807, 2.05) is 0 Å². The first-order valence-electron chi connectivity index (χ1n) is 6.88. The first kappa shape index (κ1) is 18.3. The molecule has 2 aromatic carbocycles. The molecule has 0 aliphatic rings. The fourth-order valence-electron chi connectivity index (χ4n) is 1.93. The van der Waals surface area contributed by atoms with Crippen molar-refractivity contribution in [2.75, 3.05) is 11.9 Å². The number of amides is 1. The lowest BCUT2D eigenvalue weighted by molar-refractivity contribution is -0.138. The summed E-state index contributed by atoms with van der Waals surface area (Å²) < 4.78 is 51.7. The van der Waals surface area contributed by atoms with Crippen LogP contribution in [0.1, 0.15) is 11.1 Å². The molecule has 2 rings (SSSR count). The number of hydrogen-bond donors (Lipinski definition) is 2. The molecule has 0 aliphatic heterocycles. The van der Waals surface area contributed by atoms with Crippen molar-refractivity contribution in [1.82, 2.24) is 5.32 Å². The van der Waals surface area contributed by atoms with Gasteiger partial charge in [0.2, 0.25) is 5.91 Å². The largest absolute Gasteiger partial charge is 0.417 e. The molecule has 0 heterocycles. The number of halogens is 5. The van der Waals surface area contributed by atoms with Gasteiger partial charge in [-0.3, -0.25) is 4.79 Å². The Labute approximate surface area is 144 Å². The minimum atomic E-state index is -4.50. The fraction of sp³-hybridized carbons (Fsp3) is 0.188. The minimum absolute atomic E-state index is 0.00132. The van der Waals surface area contributed by atoms with E-state index in [0.29, 0.717) is 5.56 Å². The van der Waals surface area contributed by atoms with Crippen LogP contribution in [-0.2, 0) is 17.5 Å². The van der Waals surface area contributed by atoms with Crippen LogP contribution in [0.5, 0.6) is 0 Å². The Bertz CT molecular complexity index is 734. The van der Waals surface area contributed by atoms with Crippen molar-refractivity contribution in [2.24, 2.45) is 0 Å². The lowest BCUT2D eigenvalue weighted by atomic mass is 10.2. The number of rotatable bonds is 5. The Morgan fingerprint density at radius 2 is 1.83 bits per heavy atom. The minimum Gasteiger partial charge on any atom is -0.376 e. The maximum Gasteiger partial charge on any atom is 0.417 e. The van der Waals surface area contributed by atoms with Gasteiger partial charge in [-0.25, -0.2) is 4.39 Å². The molecule has 0 aromatic heterocycles. The maximum atomic E-state index is 13.4. The van der Waals surface area contributed by atoms with Crippen molar-refractivity contribution in [1.29, 1.82) is 0 Å². The molecule has 0 fully saturated rings. The van der Waals surface area contributed by atoms with Gasteiger partial charge in [0.05, 0.1) is 12.1 Å². The van der Waals surface area contributed by atoms with Crippen LogP contribution in [0.4, 0.5) is 23.2 Å². The van der Waals surface area contributed by atoms with Gasteiger partial charge in [0.25, 0.3) is 0 Å². The normalized spacial score (nSPS) is 11.2. The molecule has 2 aromatic rings. The smallest absolute Gasteiger partial charge is 0.376 e. The summed E-state index contributed by atoms with van der Waals surface area (Å²) in [6.45, 7) is -0.227. The van der Waals surface area contributed by atoms with Gasteiger partial charge >= 0.3 is 6.18 Å². The van der Waals surface area contributed by atoms with Gasteiger partial charge < -0.3 is 10.6 Å². The van der Waals surface area contributed by atoms with Crippen molar-refractivity contribution < 1.29 is 22.4 Å². The topological polar surface area (TPSA) is 41.1 Å². The monoisotopic (exact) mass is 404 g/mol. The van der Waals surface area contributed by atoms with Crippen LogP contribution in [0.15, 0.2) is 46.9 Å². The Morgan fingerprint density at radius 1 is 1.12 bits per heavy atom. The molecule has 0 aliphatic carbocycles. The van der Waals surface area contributed by atoms with Crippen molar-refractivity contribution >= 4 is 27.5 Å². The van der Waals surface area contributed by atoms with Crippen molar-refractivity contribution in [3.05, 3.63) is 63.9 Å². The summed E-state index contributed by atoms with van der Waals surface area (Å²) in [6, 6.07) is 9.57. The third kappa shape index (κ3) is 4.95. The number of carbonyl (C=O) groups is 1. The molecule has 0 radical (unpaired) electrons. The maximum absolute atomic E-state index is 13.4. The number of carbonyl (C=O) groups excluding carboxylic acids is 1. The molecule has 3 nitrogen and oxygen atoms in total. The van der Waals surface area contributed by atoms with E-state index in [0.717, 1.165) is 6.07 Å². The Balaban J connectivity index is 1.91. The summed E-state index contributed by atoms with van der Waals surface area (Å²) in [4.78, 5) is 11.7. The highest BCUT2D eigenvalue weighted by Crippen LogP contribution is 2.36. The van der Waals surface area contributed by atoms with E-state index in [2.05, 4.69) is 26.6 Å². The third-order valence-electron chi connectivity index (χ3n) is 3.16. The second kappa shape index (κ2) is 7.65. The number of nitrogens with one attached hydrogen (secondary N) is 2. The lowest BCUT2D eigenvalue weighted by Crippen LogP contribution is -2.29. The molecule has 0 bridgehead atoms. The van der Waals surface area contributed by atoms with Gasteiger partial charge in [-0.2, -0.15) is 13.2 Å². The molecular weight excluding hydrogens is 392 g/mol. The van der Waals surface area contributed by atoms with Gasteiger partial charge in [-0.05, 0) is 24.3 Å². The zero-order valence-electron chi connectivity index (χ0n) is 12.3. The molecule has 0 atom stereocenters. The summed E-state index contributed by atoms with van der Waals surface area (Å²) in [5.41, 5.74) is -0.348. The summed E-state index contributed by atoms with van der Waals surface area (Å²) >= 11 is 2.84. The van der Waals surface area contributed by atoms with Gasteiger partial charge in [-0.1, -0.05) is 34.1 Å². The molecule has 0 saturated carbocycles. The van der Waals surface area contributed by atoms with Crippen molar-refractivity contribution in [3.8, 4) is 0 Å². The molecular formula is C16H13BrF4N2O. The van der Waals surface area contributed by atoms with E-state index in [1.165, 1.54) is 30.3 Å². The van der Waals surface area contributed by atoms with Crippen LogP contribution >= 0.6 is 15.9 Å². The highest BCUT2D eigenvalue weighted by molar-refractivity contribution is 9.10. The summed E-state index contributed by atoms with van der Waals surface area (Å²) in [5, 5.41) is 5.10. The molecule has 0 spiro atoms. The third-order valence-corrected chi connectivity index (χ3v) is 3.85. The summed E-state index contributed by atoms with van der Waals surface area (Å²) in [7, 11) is 0.